The van der Waals surface area contributed by atoms with Gasteiger partial charge in [0.2, 0.25) is 0 Å². The second-order valence-corrected chi connectivity index (χ2v) is 9.87. The van der Waals surface area contributed by atoms with Crippen LogP contribution in [0.4, 0.5) is 8.78 Å². The van der Waals surface area contributed by atoms with Crippen molar-refractivity contribution in [2.75, 3.05) is 26.2 Å². The molecule has 0 saturated carbocycles. The second kappa shape index (κ2) is 10.3. The summed E-state index contributed by atoms with van der Waals surface area (Å²) in [6, 6.07) is 8.07. The zero-order valence-corrected chi connectivity index (χ0v) is 19.0. The topological polar surface area (TPSA) is 90.3 Å². The predicted molar refractivity (Wildman–Crippen MR) is 116 cm³/mol. The number of carbonyl (C=O) groups excluding carboxylic acids is 1. The maximum atomic E-state index is 13.4. The molecule has 2 N–H and O–H groups in total. The molecule has 11 heteroatoms. The minimum absolute atomic E-state index is 0.134. The quantitative estimate of drug-likeness (QED) is 0.581. The SMILES string of the molecule is C[C@@H]1CN(Cc2ccc(F)c(F)c2)CCN1C(=O)COc1ccc(Cl)cc1CP(=O)(O)O. The lowest BCUT2D eigenvalue weighted by molar-refractivity contribution is -0.138. The van der Waals surface area contributed by atoms with Crippen LogP contribution in [0.25, 0.3) is 0 Å². The van der Waals surface area contributed by atoms with Crippen molar-refractivity contribution in [2.24, 2.45) is 0 Å². The number of piperazine rings is 1. The molecule has 1 heterocycles. The third kappa shape index (κ3) is 6.73. The van der Waals surface area contributed by atoms with E-state index in [2.05, 4.69) is 4.90 Å². The highest BCUT2D eigenvalue weighted by Crippen LogP contribution is 2.42. The third-order valence-electron chi connectivity index (χ3n) is 5.17. The van der Waals surface area contributed by atoms with E-state index in [4.69, 9.17) is 16.3 Å². The molecule has 1 amide bonds. The Hall–Kier alpha value is -2.03. The molecule has 0 aromatic heterocycles. The highest BCUT2D eigenvalue weighted by molar-refractivity contribution is 7.50. The van der Waals surface area contributed by atoms with E-state index < -0.39 is 25.4 Å². The third-order valence-corrected chi connectivity index (χ3v) is 6.16. The number of amides is 1. The predicted octanol–water partition coefficient (Wildman–Crippen LogP) is 3.41. The molecule has 1 saturated heterocycles. The Kier molecular flexibility index (Phi) is 7.90. The molecule has 0 unspecified atom stereocenters. The van der Waals surface area contributed by atoms with Gasteiger partial charge < -0.3 is 19.4 Å². The van der Waals surface area contributed by atoms with E-state index in [0.29, 0.717) is 36.8 Å². The standard InChI is InChI=1S/C21H24ClF2N2O5P/c1-14-10-25(11-15-2-4-18(23)19(24)8-15)6-7-26(14)21(27)12-31-20-5-3-17(22)9-16(20)13-32(28,29)30/h2-5,8-9,14H,6-7,10-13H2,1H3,(H2,28,29,30)/t14-/m1/s1. The normalized spacial score (nSPS) is 17.4. The van der Waals surface area contributed by atoms with E-state index in [-0.39, 0.29) is 29.9 Å². The number of nitrogens with zero attached hydrogens (tertiary/aromatic N) is 2. The number of carbonyl (C=O) groups is 1. The Balaban J connectivity index is 1.57. The van der Waals surface area contributed by atoms with Gasteiger partial charge in [-0.3, -0.25) is 14.3 Å². The molecule has 3 rings (SSSR count). The van der Waals surface area contributed by atoms with Gasteiger partial charge in [0.1, 0.15) is 5.75 Å². The monoisotopic (exact) mass is 488 g/mol. The number of hydrogen-bond acceptors (Lipinski definition) is 4. The number of hydrogen-bond donors (Lipinski definition) is 2. The highest BCUT2D eigenvalue weighted by atomic mass is 35.5. The van der Waals surface area contributed by atoms with E-state index in [0.717, 1.165) is 6.07 Å². The van der Waals surface area contributed by atoms with Crippen LogP contribution >= 0.6 is 19.2 Å². The smallest absolute Gasteiger partial charge is 0.330 e. The summed E-state index contributed by atoms with van der Waals surface area (Å²) < 4.78 is 43.5. The van der Waals surface area contributed by atoms with Crippen LogP contribution in [0.2, 0.25) is 5.02 Å². The van der Waals surface area contributed by atoms with E-state index >= 15 is 0 Å². The molecule has 1 fully saturated rings. The summed E-state index contributed by atoms with van der Waals surface area (Å²) in [4.78, 5) is 34.9. The van der Waals surface area contributed by atoms with Crippen molar-refractivity contribution in [3.8, 4) is 5.75 Å². The van der Waals surface area contributed by atoms with Gasteiger partial charge in [0.15, 0.2) is 18.2 Å². The van der Waals surface area contributed by atoms with Crippen molar-refractivity contribution < 1.29 is 32.7 Å². The van der Waals surface area contributed by atoms with Crippen molar-refractivity contribution in [1.82, 2.24) is 9.80 Å². The fourth-order valence-electron chi connectivity index (χ4n) is 3.70. The Morgan fingerprint density at radius 2 is 1.94 bits per heavy atom. The van der Waals surface area contributed by atoms with E-state index in [9.17, 15) is 27.9 Å². The fourth-order valence-corrected chi connectivity index (χ4v) is 4.59. The summed E-state index contributed by atoms with van der Waals surface area (Å²) in [5.41, 5.74) is 0.877. The van der Waals surface area contributed by atoms with Gasteiger partial charge in [0.25, 0.3) is 5.91 Å². The van der Waals surface area contributed by atoms with Gasteiger partial charge in [0.05, 0.1) is 6.16 Å². The minimum Gasteiger partial charge on any atom is -0.483 e. The molecule has 174 valence electrons. The molecule has 0 spiro atoms. The lowest BCUT2D eigenvalue weighted by Crippen LogP contribution is -2.54. The average Bonchev–Trinajstić information content (AvgIpc) is 2.69. The zero-order chi connectivity index (χ0) is 23.5. The molecule has 0 bridgehead atoms. The van der Waals surface area contributed by atoms with Crippen LogP contribution in [-0.2, 0) is 22.1 Å². The molecule has 0 aliphatic carbocycles. The van der Waals surface area contributed by atoms with Crippen LogP contribution in [-0.4, -0.2) is 57.8 Å². The van der Waals surface area contributed by atoms with E-state index in [1.54, 1.807) is 4.90 Å². The first-order chi connectivity index (χ1) is 15.0. The van der Waals surface area contributed by atoms with Gasteiger partial charge in [-0.15, -0.1) is 0 Å². The molecule has 2 aromatic carbocycles. The van der Waals surface area contributed by atoms with Crippen molar-refractivity contribution in [3.63, 3.8) is 0 Å². The van der Waals surface area contributed by atoms with E-state index in [1.165, 1.54) is 30.3 Å². The van der Waals surface area contributed by atoms with Crippen molar-refractivity contribution in [1.29, 1.82) is 0 Å². The number of ether oxygens (including phenoxy) is 1. The Morgan fingerprint density at radius 1 is 1.19 bits per heavy atom. The number of benzene rings is 2. The molecule has 32 heavy (non-hydrogen) atoms. The Labute approximate surface area is 189 Å². The lowest BCUT2D eigenvalue weighted by atomic mass is 10.1. The first-order valence-corrected chi connectivity index (χ1v) is 12.1. The largest absolute Gasteiger partial charge is 0.483 e. The molecule has 1 atom stereocenters. The van der Waals surface area contributed by atoms with Crippen molar-refractivity contribution in [3.05, 3.63) is 64.2 Å². The summed E-state index contributed by atoms with van der Waals surface area (Å²) in [6.45, 7) is 3.58. The number of rotatable bonds is 7. The molecule has 2 aromatic rings. The van der Waals surface area contributed by atoms with Crippen LogP contribution < -0.4 is 4.74 Å². The molecular formula is C21H24ClF2N2O5P. The van der Waals surface area contributed by atoms with Gasteiger partial charge in [-0.2, -0.15) is 0 Å². The maximum Gasteiger partial charge on any atom is 0.330 e. The lowest BCUT2D eigenvalue weighted by Gasteiger charge is -2.39. The Morgan fingerprint density at radius 3 is 2.59 bits per heavy atom. The van der Waals surface area contributed by atoms with Crippen LogP contribution in [0.5, 0.6) is 5.75 Å². The minimum atomic E-state index is -4.34. The van der Waals surface area contributed by atoms with Gasteiger partial charge in [-0.1, -0.05) is 17.7 Å². The van der Waals surface area contributed by atoms with Crippen LogP contribution in [0.15, 0.2) is 36.4 Å². The fraction of sp³-hybridized carbons (Fsp3) is 0.381. The van der Waals surface area contributed by atoms with E-state index in [1.807, 2.05) is 6.92 Å². The second-order valence-electron chi connectivity index (χ2n) is 7.78. The Bertz CT molecular complexity index is 1040. The van der Waals surface area contributed by atoms with Gasteiger partial charge in [0, 0.05) is 42.8 Å². The van der Waals surface area contributed by atoms with Gasteiger partial charge >= 0.3 is 7.60 Å². The maximum absolute atomic E-state index is 13.4. The molecule has 1 aliphatic heterocycles. The van der Waals surface area contributed by atoms with Crippen LogP contribution in [0.1, 0.15) is 18.1 Å². The molecular weight excluding hydrogens is 465 g/mol. The summed E-state index contributed by atoms with van der Waals surface area (Å²) >= 11 is 5.91. The molecule has 0 radical (unpaired) electrons. The summed E-state index contributed by atoms with van der Waals surface area (Å²) in [5, 5.41) is 0.304. The van der Waals surface area contributed by atoms with Crippen molar-refractivity contribution >= 4 is 25.1 Å². The first-order valence-electron chi connectivity index (χ1n) is 9.93. The summed E-state index contributed by atoms with van der Waals surface area (Å²) in [6.07, 6.45) is -0.545. The first kappa shape index (κ1) is 24.6. The summed E-state index contributed by atoms with van der Waals surface area (Å²) in [5.74, 6) is -1.85. The number of halogens is 3. The highest BCUT2D eigenvalue weighted by Gasteiger charge is 2.28. The zero-order valence-electron chi connectivity index (χ0n) is 17.4. The van der Waals surface area contributed by atoms with Crippen LogP contribution in [0, 0.1) is 11.6 Å². The van der Waals surface area contributed by atoms with Crippen molar-refractivity contribution in [2.45, 2.75) is 25.7 Å². The molecule has 1 aliphatic rings. The van der Waals surface area contributed by atoms with Gasteiger partial charge in [-0.05, 0) is 42.8 Å². The van der Waals surface area contributed by atoms with Gasteiger partial charge in [-0.25, -0.2) is 8.78 Å². The average molecular weight is 489 g/mol. The molecule has 7 nitrogen and oxygen atoms in total. The summed E-state index contributed by atoms with van der Waals surface area (Å²) in [7, 11) is -4.34. The van der Waals surface area contributed by atoms with Crippen LogP contribution in [0.3, 0.4) is 0 Å².